The van der Waals surface area contributed by atoms with E-state index in [1.807, 2.05) is 51.4 Å². The minimum absolute atomic E-state index is 0.180. The van der Waals surface area contributed by atoms with Gasteiger partial charge in [0, 0.05) is 49.2 Å². The first kappa shape index (κ1) is 23.7. The van der Waals surface area contributed by atoms with Gasteiger partial charge in [0.25, 0.3) is 0 Å². The van der Waals surface area contributed by atoms with Crippen LogP contribution in [0.4, 0.5) is 11.4 Å². The van der Waals surface area contributed by atoms with Crippen molar-refractivity contribution in [2.24, 2.45) is 26.1 Å². The molecule has 3 aliphatic rings. The Morgan fingerprint density at radius 2 is 2.11 bits per heavy atom. The van der Waals surface area contributed by atoms with Crippen LogP contribution in [0.3, 0.4) is 0 Å². The Bertz CT molecular complexity index is 1320. The van der Waals surface area contributed by atoms with E-state index in [1.165, 1.54) is 0 Å². The van der Waals surface area contributed by atoms with Crippen LogP contribution in [0.1, 0.15) is 43.5 Å². The normalized spacial score (nSPS) is 21.2. The van der Waals surface area contributed by atoms with Crippen molar-refractivity contribution in [3.8, 4) is 0 Å². The molecule has 5 rings (SSSR count). The zero-order chi connectivity index (χ0) is 25.1. The molecule has 36 heavy (non-hydrogen) atoms. The Hall–Kier alpha value is -3.98. The van der Waals surface area contributed by atoms with Crippen LogP contribution in [0.5, 0.6) is 0 Å². The Balaban J connectivity index is 1.81. The molecule has 2 aliphatic heterocycles. The molecule has 2 unspecified atom stereocenters. The second-order valence-corrected chi connectivity index (χ2v) is 9.05. The SMILES string of the molecule is CNc1cc(C2=CC(C)ON=C2C)cc(C(O)(C2=NC=CCN=C2)c2cnccn2)c1N=CC1CC1. The third-order valence-electron chi connectivity index (χ3n) is 6.31. The number of aliphatic hydroxyl groups is 1. The first-order chi connectivity index (χ1) is 17.5. The van der Waals surface area contributed by atoms with Crippen LogP contribution in [-0.2, 0) is 10.4 Å². The molecule has 0 spiro atoms. The number of aliphatic imine (C=N–C) groups is 3. The van der Waals surface area contributed by atoms with Crippen molar-refractivity contribution >= 4 is 40.8 Å². The summed E-state index contributed by atoms with van der Waals surface area (Å²) >= 11 is 0. The van der Waals surface area contributed by atoms with Gasteiger partial charge in [-0.15, -0.1) is 0 Å². The van der Waals surface area contributed by atoms with Crippen molar-refractivity contribution in [2.45, 2.75) is 38.4 Å². The van der Waals surface area contributed by atoms with E-state index in [9.17, 15) is 5.11 Å². The van der Waals surface area contributed by atoms with Gasteiger partial charge < -0.3 is 15.3 Å². The number of allylic oxidation sites excluding steroid dienone is 1. The zero-order valence-corrected chi connectivity index (χ0v) is 20.6. The summed E-state index contributed by atoms with van der Waals surface area (Å²) in [5, 5.41) is 20.1. The van der Waals surface area contributed by atoms with Crippen molar-refractivity contribution in [2.75, 3.05) is 18.9 Å². The molecule has 3 heterocycles. The minimum Gasteiger partial charge on any atom is -0.388 e. The summed E-state index contributed by atoms with van der Waals surface area (Å²) in [6, 6.07) is 3.95. The number of oxime groups is 1. The van der Waals surface area contributed by atoms with E-state index in [0.717, 1.165) is 35.4 Å². The smallest absolute Gasteiger partial charge is 0.179 e. The molecule has 2 N–H and O–H groups in total. The Kier molecular flexibility index (Phi) is 6.56. The zero-order valence-electron chi connectivity index (χ0n) is 20.6. The van der Waals surface area contributed by atoms with Crippen molar-refractivity contribution in [3.63, 3.8) is 0 Å². The second kappa shape index (κ2) is 9.94. The quantitative estimate of drug-likeness (QED) is 0.576. The maximum Gasteiger partial charge on any atom is 0.179 e. The lowest BCUT2D eigenvalue weighted by atomic mass is 9.82. The number of rotatable bonds is 7. The largest absolute Gasteiger partial charge is 0.388 e. The standard InChI is InChI=1S/C27H29N7O2/c1-17-11-21(18(2)34-36-17)20-12-22(26(23(13-20)28-3)33-14-19-5-6-19)27(35,25-16-30-9-10-32-25)24-15-29-7-4-8-31-24/h4,8-17,19,28,35H,5-7H2,1-3H3. The Morgan fingerprint density at radius 3 is 2.86 bits per heavy atom. The molecule has 9 heteroatoms. The van der Waals surface area contributed by atoms with Gasteiger partial charge >= 0.3 is 0 Å². The molecule has 184 valence electrons. The van der Waals surface area contributed by atoms with Gasteiger partial charge in [0.05, 0.1) is 29.8 Å². The van der Waals surface area contributed by atoms with Crippen molar-refractivity contribution < 1.29 is 9.94 Å². The van der Waals surface area contributed by atoms with Gasteiger partial charge in [-0.3, -0.25) is 24.9 Å². The third kappa shape index (κ3) is 4.61. The van der Waals surface area contributed by atoms with E-state index in [1.54, 1.807) is 31.0 Å². The predicted octanol–water partition coefficient (Wildman–Crippen LogP) is 4.08. The number of nitrogens with one attached hydrogen (secondary N) is 1. The highest BCUT2D eigenvalue weighted by molar-refractivity contribution is 6.35. The average molecular weight is 484 g/mol. The Labute approximate surface area is 210 Å². The van der Waals surface area contributed by atoms with E-state index in [-0.39, 0.29) is 6.10 Å². The fraction of sp³-hybridized carbons (Fsp3) is 0.333. The summed E-state index contributed by atoms with van der Waals surface area (Å²) in [6.45, 7) is 4.30. The first-order valence-corrected chi connectivity index (χ1v) is 12.1. The van der Waals surface area contributed by atoms with Gasteiger partial charge in [0.2, 0.25) is 0 Å². The van der Waals surface area contributed by atoms with E-state index in [2.05, 4.69) is 30.4 Å². The lowest BCUT2D eigenvalue weighted by Gasteiger charge is -2.30. The van der Waals surface area contributed by atoms with E-state index in [0.29, 0.717) is 35.1 Å². The van der Waals surface area contributed by atoms with Crippen LogP contribution in [0.15, 0.2) is 69.2 Å². The molecule has 2 atom stereocenters. The Morgan fingerprint density at radius 1 is 1.25 bits per heavy atom. The van der Waals surface area contributed by atoms with E-state index >= 15 is 0 Å². The summed E-state index contributed by atoms with van der Waals surface area (Å²) in [6.07, 6.45) is 15.8. The maximum atomic E-state index is 12.6. The highest BCUT2D eigenvalue weighted by Crippen LogP contribution is 2.43. The van der Waals surface area contributed by atoms with Crippen LogP contribution in [0.25, 0.3) is 5.57 Å². The van der Waals surface area contributed by atoms with Gasteiger partial charge in [0.1, 0.15) is 17.5 Å². The second-order valence-electron chi connectivity index (χ2n) is 9.05. The fourth-order valence-electron chi connectivity index (χ4n) is 4.22. The number of aromatic nitrogens is 2. The van der Waals surface area contributed by atoms with Gasteiger partial charge in [-0.1, -0.05) is 5.16 Å². The molecular formula is C27H29N7O2. The first-order valence-electron chi connectivity index (χ1n) is 12.1. The minimum atomic E-state index is -1.77. The monoisotopic (exact) mass is 483 g/mol. The maximum absolute atomic E-state index is 12.6. The number of benzene rings is 1. The molecule has 1 aromatic carbocycles. The molecule has 0 amide bonds. The summed E-state index contributed by atoms with van der Waals surface area (Å²) in [5.41, 5.74) is 3.31. The number of hydrogen-bond acceptors (Lipinski definition) is 9. The molecule has 2 aromatic rings. The highest BCUT2D eigenvalue weighted by Gasteiger charge is 2.42. The van der Waals surface area contributed by atoms with Crippen LogP contribution >= 0.6 is 0 Å². The van der Waals surface area contributed by atoms with Crippen LogP contribution < -0.4 is 5.32 Å². The number of anilines is 1. The molecule has 1 fully saturated rings. The molecular weight excluding hydrogens is 454 g/mol. The number of nitrogens with zero attached hydrogens (tertiary/aromatic N) is 6. The van der Waals surface area contributed by atoms with Gasteiger partial charge in [-0.2, -0.15) is 0 Å². The number of hydrogen-bond donors (Lipinski definition) is 2. The highest BCUT2D eigenvalue weighted by atomic mass is 16.6. The summed E-state index contributed by atoms with van der Waals surface area (Å²) in [4.78, 5) is 28.0. The molecule has 0 radical (unpaired) electrons. The van der Waals surface area contributed by atoms with Crippen LogP contribution in [-0.4, -0.2) is 58.6 Å². The van der Waals surface area contributed by atoms with Crippen molar-refractivity contribution in [3.05, 3.63) is 65.9 Å². The molecule has 1 saturated carbocycles. The molecule has 0 bridgehead atoms. The van der Waals surface area contributed by atoms with Crippen LogP contribution in [0.2, 0.25) is 0 Å². The predicted molar refractivity (Wildman–Crippen MR) is 143 cm³/mol. The fourth-order valence-corrected chi connectivity index (χ4v) is 4.22. The molecule has 1 aliphatic carbocycles. The summed E-state index contributed by atoms with van der Waals surface area (Å²) in [7, 11) is 1.84. The van der Waals surface area contributed by atoms with Crippen molar-refractivity contribution in [1.29, 1.82) is 0 Å². The lowest BCUT2D eigenvalue weighted by Crippen LogP contribution is -2.39. The third-order valence-corrected chi connectivity index (χ3v) is 6.31. The van der Waals surface area contributed by atoms with E-state index in [4.69, 9.17) is 9.83 Å². The topological polar surface area (TPSA) is 117 Å². The molecule has 1 aromatic heterocycles. The summed E-state index contributed by atoms with van der Waals surface area (Å²) < 4.78 is 0. The van der Waals surface area contributed by atoms with E-state index < -0.39 is 5.60 Å². The van der Waals surface area contributed by atoms with Gasteiger partial charge in [-0.25, -0.2) is 0 Å². The van der Waals surface area contributed by atoms with Gasteiger partial charge in [0.15, 0.2) is 5.60 Å². The summed E-state index contributed by atoms with van der Waals surface area (Å²) in [5.74, 6) is 0.444. The van der Waals surface area contributed by atoms with Crippen LogP contribution in [0, 0.1) is 5.92 Å². The molecule has 0 saturated heterocycles. The van der Waals surface area contributed by atoms with Crippen molar-refractivity contribution in [1.82, 2.24) is 9.97 Å². The van der Waals surface area contributed by atoms with Gasteiger partial charge in [-0.05, 0) is 62.5 Å². The lowest BCUT2D eigenvalue weighted by molar-refractivity contribution is 0.103. The average Bonchev–Trinajstić information content (AvgIpc) is 3.76. The molecule has 9 nitrogen and oxygen atoms in total.